The molecule has 0 spiro atoms. The highest BCUT2D eigenvalue weighted by Gasteiger charge is 2.34. The van der Waals surface area contributed by atoms with E-state index in [-0.39, 0.29) is 5.41 Å². The summed E-state index contributed by atoms with van der Waals surface area (Å²) in [7, 11) is 0. The Bertz CT molecular complexity index is 257. The van der Waals surface area contributed by atoms with Crippen molar-refractivity contribution in [3.8, 4) is 0 Å². The summed E-state index contributed by atoms with van der Waals surface area (Å²) >= 11 is 0. The molecule has 0 aromatic heterocycles. The van der Waals surface area contributed by atoms with E-state index in [0.29, 0.717) is 0 Å². The van der Waals surface area contributed by atoms with Gasteiger partial charge < -0.3 is 5.73 Å². The molecule has 13 heavy (non-hydrogen) atoms. The van der Waals surface area contributed by atoms with Crippen LogP contribution in [0.2, 0.25) is 0 Å². The Labute approximate surface area is 81.7 Å². The summed E-state index contributed by atoms with van der Waals surface area (Å²) in [5.74, 6) is 0. The molecule has 0 unspecified atom stereocenters. The Balaban J connectivity index is 3.14. The van der Waals surface area contributed by atoms with E-state index in [2.05, 4.69) is 34.6 Å². The van der Waals surface area contributed by atoms with Gasteiger partial charge in [0.25, 0.3) is 0 Å². The van der Waals surface area contributed by atoms with Gasteiger partial charge in [-0.2, -0.15) is 0 Å². The fraction of sp³-hybridized carbons (Fsp3) is 0.667. The van der Waals surface area contributed by atoms with E-state index in [0.717, 1.165) is 13.0 Å². The third-order valence-corrected chi connectivity index (χ3v) is 3.99. The van der Waals surface area contributed by atoms with Crippen molar-refractivity contribution in [1.29, 1.82) is 0 Å². The molecule has 0 aromatic carbocycles. The average molecular weight is 179 g/mol. The number of hydrogen-bond acceptors (Lipinski definition) is 1. The maximum absolute atomic E-state index is 5.66. The predicted molar refractivity (Wildman–Crippen MR) is 58.5 cm³/mol. The van der Waals surface area contributed by atoms with Gasteiger partial charge >= 0.3 is 0 Å². The lowest BCUT2D eigenvalue weighted by atomic mass is 9.76. The van der Waals surface area contributed by atoms with Gasteiger partial charge in [0.1, 0.15) is 0 Å². The molecule has 1 aliphatic rings. The van der Waals surface area contributed by atoms with Crippen molar-refractivity contribution in [2.45, 2.75) is 41.0 Å². The zero-order chi connectivity index (χ0) is 10.2. The molecule has 0 aromatic rings. The summed E-state index contributed by atoms with van der Waals surface area (Å²) < 4.78 is 0. The molecule has 1 aliphatic carbocycles. The van der Waals surface area contributed by atoms with Crippen LogP contribution in [0.3, 0.4) is 0 Å². The zero-order valence-electron chi connectivity index (χ0n) is 9.49. The van der Waals surface area contributed by atoms with Crippen LogP contribution < -0.4 is 5.73 Å². The Hall–Kier alpha value is -0.560. The van der Waals surface area contributed by atoms with Crippen LogP contribution in [0.1, 0.15) is 41.0 Å². The van der Waals surface area contributed by atoms with Crippen molar-refractivity contribution in [3.63, 3.8) is 0 Å². The van der Waals surface area contributed by atoms with Crippen LogP contribution in [0.15, 0.2) is 22.3 Å². The summed E-state index contributed by atoms with van der Waals surface area (Å²) in [5.41, 5.74) is 11.8. The molecule has 2 N–H and O–H groups in total. The van der Waals surface area contributed by atoms with Gasteiger partial charge in [-0.1, -0.05) is 18.1 Å². The fourth-order valence-corrected chi connectivity index (χ4v) is 2.34. The fourth-order valence-electron chi connectivity index (χ4n) is 2.34. The second-order valence-electron chi connectivity index (χ2n) is 4.37. The molecule has 1 nitrogen and oxygen atoms in total. The molecule has 0 fully saturated rings. The van der Waals surface area contributed by atoms with Crippen LogP contribution in [-0.2, 0) is 0 Å². The van der Waals surface area contributed by atoms with Crippen molar-refractivity contribution < 1.29 is 0 Å². The van der Waals surface area contributed by atoms with Gasteiger partial charge in [-0.3, -0.25) is 0 Å². The van der Waals surface area contributed by atoms with Gasteiger partial charge in [0, 0.05) is 5.41 Å². The minimum Gasteiger partial charge on any atom is -0.330 e. The van der Waals surface area contributed by atoms with Crippen LogP contribution in [0.25, 0.3) is 0 Å². The lowest BCUT2D eigenvalue weighted by molar-refractivity contribution is 0.451. The normalized spacial score (nSPS) is 21.7. The first kappa shape index (κ1) is 10.5. The highest BCUT2D eigenvalue weighted by molar-refractivity contribution is 5.49. The molecular weight excluding hydrogens is 158 g/mol. The molecule has 0 amide bonds. The minimum atomic E-state index is 0.239. The van der Waals surface area contributed by atoms with Crippen molar-refractivity contribution in [3.05, 3.63) is 22.3 Å². The van der Waals surface area contributed by atoms with E-state index in [9.17, 15) is 0 Å². The van der Waals surface area contributed by atoms with Crippen molar-refractivity contribution >= 4 is 0 Å². The summed E-state index contributed by atoms with van der Waals surface area (Å²) in [5, 5.41) is 0. The maximum atomic E-state index is 5.66. The second kappa shape index (κ2) is 3.30. The molecule has 0 radical (unpaired) electrons. The van der Waals surface area contributed by atoms with Crippen LogP contribution in [-0.4, -0.2) is 6.54 Å². The molecule has 0 aliphatic heterocycles. The Kier molecular flexibility index (Phi) is 2.67. The van der Waals surface area contributed by atoms with Crippen LogP contribution in [0, 0.1) is 5.41 Å². The molecule has 1 heteroatoms. The van der Waals surface area contributed by atoms with Crippen LogP contribution >= 0.6 is 0 Å². The quantitative estimate of drug-likeness (QED) is 0.692. The highest BCUT2D eigenvalue weighted by atomic mass is 14.5. The highest BCUT2D eigenvalue weighted by Crippen LogP contribution is 2.48. The second-order valence-corrected chi connectivity index (χ2v) is 4.37. The predicted octanol–water partition coefficient (Wildman–Crippen LogP) is 3.03. The first-order chi connectivity index (χ1) is 5.95. The summed E-state index contributed by atoms with van der Waals surface area (Å²) in [6.07, 6.45) is 1.07. The van der Waals surface area contributed by atoms with Gasteiger partial charge in [-0.15, -0.1) is 0 Å². The monoisotopic (exact) mass is 179 g/mol. The van der Waals surface area contributed by atoms with E-state index >= 15 is 0 Å². The van der Waals surface area contributed by atoms with Gasteiger partial charge in [-0.25, -0.2) is 0 Å². The first-order valence-corrected chi connectivity index (χ1v) is 5.01. The van der Waals surface area contributed by atoms with E-state index in [4.69, 9.17) is 5.73 Å². The summed E-state index contributed by atoms with van der Waals surface area (Å²) in [4.78, 5) is 0. The Morgan fingerprint density at radius 1 is 1.00 bits per heavy atom. The Morgan fingerprint density at radius 3 is 1.69 bits per heavy atom. The number of nitrogens with two attached hydrogens (primary N) is 1. The maximum Gasteiger partial charge on any atom is 0.0110 e. The molecule has 1 rings (SSSR count). The van der Waals surface area contributed by atoms with E-state index in [1.54, 1.807) is 0 Å². The van der Waals surface area contributed by atoms with Crippen molar-refractivity contribution in [1.82, 2.24) is 0 Å². The molecule has 0 saturated carbocycles. The van der Waals surface area contributed by atoms with Gasteiger partial charge in [0.15, 0.2) is 0 Å². The molecule has 0 atom stereocenters. The van der Waals surface area contributed by atoms with Gasteiger partial charge in [-0.05, 0) is 51.8 Å². The minimum absolute atomic E-state index is 0.239. The molecule has 0 heterocycles. The molecule has 0 saturated heterocycles. The smallest absolute Gasteiger partial charge is 0.0110 e. The van der Waals surface area contributed by atoms with Crippen molar-refractivity contribution in [2.24, 2.45) is 11.1 Å². The first-order valence-electron chi connectivity index (χ1n) is 5.01. The van der Waals surface area contributed by atoms with E-state index in [1.807, 2.05) is 0 Å². The molecule has 74 valence electrons. The summed E-state index contributed by atoms with van der Waals surface area (Å²) in [6.45, 7) is 12.0. The SMILES string of the molecule is CC1=C(C)C(C)(CCN)C(C)=C1C. The lowest BCUT2D eigenvalue weighted by Gasteiger charge is -2.28. The topological polar surface area (TPSA) is 26.0 Å². The average Bonchev–Trinajstić information content (AvgIpc) is 2.23. The number of allylic oxidation sites excluding steroid dienone is 4. The van der Waals surface area contributed by atoms with Gasteiger partial charge in [0.05, 0.1) is 0 Å². The zero-order valence-corrected chi connectivity index (χ0v) is 9.49. The largest absolute Gasteiger partial charge is 0.330 e. The van der Waals surface area contributed by atoms with Gasteiger partial charge in [0.2, 0.25) is 0 Å². The standard InChI is InChI=1S/C12H21N/c1-8-9(2)11(4)12(5,6-7-13)10(8)3/h6-7,13H2,1-5H3. The lowest BCUT2D eigenvalue weighted by Crippen LogP contribution is -2.21. The molecule has 0 bridgehead atoms. The number of hydrogen-bond donors (Lipinski definition) is 1. The van der Waals surface area contributed by atoms with E-state index < -0.39 is 0 Å². The van der Waals surface area contributed by atoms with Crippen LogP contribution in [0.4, 0.5) is 0 Å². The molecular formula is C12H21N. The number of rotatable bonds is 2. The third kappa shape index (κ3) is 1.35. The van der Waals surface area contributed by atoms with Crippen LogP contribution in [0.5, 0.6) is 0 Å². The van der Waals surface area contributed by atoms with Crippen molar-refractivity contribution in [2.75, 3.05) is 6.54 Å². The van der Waals surface area contributed by atoms with E-state index in [1.165, 1.54) is 22.3 Å². The Morgan fingerprint density at radius 2 is 1.38 bits per heavy atom. The summed E-state index contributed by atoms with van der Waals surface area (Å²) in [6, 6.07) is 0. The third-order valence-electron chi connectivity index (χ3n) is 3.99.